The normalized spacial score (nSPS) is 11.6. The van der Waals surface area contributed by atoms with Gasteiger partial charge in [0.25, 0.3) is 10.0 Å². The van der Waals surface area contributed by atoms with Gasteiger partial charge < -0.3 is 9.84 Å². The molecule has 1 aromatic heterocycles. The van der Waals surface area contributed by atoms with Crippen molar-refractivity contribution >= 4 is 27.9 Å². The minimum absolute atomic E-state index is 0.113. The highest BCUT2D eigenvalue weighted by Gasteiger charge is 2.21. The minimum atomic E-state index is -3.94. The molecule has 2 rings (SSSR count). The molecule has 0 aliphatic carbocycles. The van der Waals surface area contributed by atoms with Crippen molar-refractivity contribution in [2.45, 2.75) is 4.90 Å². The number of sulfonamides is 1. The minimum Gasteiger partial charge on any atom is -0.495 e. The fraction of sp³-hybridized carbons (Fsp3) is 0.143. The molecule has 1 aromatic carbocycles. The molecule has 0 amide bonds. The van der Waals surface area contributed by atoms with Crippen molar-refractivity contribution < 1.29 is 23.1 Å². The van der Waals surface area contributed by atoms with Crippen molar-refractivity contribution in [3.8, 4) is 5.75 Å². The zero-order valence-corrected chi connectivity index (χ0v) is 13.2. The third kappa shape index (κ3) is 4.10. The van der Waals surface area contributed by atoms with Gasteiger partial charge in [-0.05, 0) is 23.8 Å². The summed E-state index contributed by atoms with van der Waals surface area (Å²) < 4.78 is 33.9. The number of aryl methyl sites for hydroxylation is 1. The molecule has 2 aromatic rings. The van der Waals surface area contributed by atoms with Gasteiger partial charge in [-0.15, -0.1) is 0 Å². The largest absolute Gasteiger partial charge is 0.495 e. The van der Waals surface area contributed by atoms with E-state index < -0.39 is 16.0 Å². The molecule has 0 fully saturated rings. The Balaban J connectivity index is 2.42. The molecule has 0 saturated carbocycles. The Morgan fingerprint density at radius 1 is 1.39 bits per heavy atom. The lowest BCUT2D eigenvalue weighted by Crippen LogP contribution is -2.15. The maximum atomic E-state index is 12.5. The van der Waals surface area contributed by atoms with E-state index in [1.54, 1.807) is 19.3 Å². The third-order valence-electron chi connectivity index (χ3n) is 2.85. The number of ether oxygens (including phenoxy) is 1. The van der Waals surface area contributed by atoms with Gasteiger partial charge in [-0.25, -0.2) is 13.2 Å². The second kappa shape index (κ2) is 6.53. The van der Waals surface area contributed by atoms with Gasteiger partial charge in [-0.2, -0.15) is 5.10 Å². The number of carboxylic acids is 1. The molecule has 1 heterocycles. The van der Waals surface area contributed by atoms with E-state index in [1.165, 1.54) is 36.1 Å². The molecule has 0 aliphatic heterocycles. The number of aliphatic carboxylic acids is 1. The molecule has 0 spiro atoms. The molecule has 8 nitrogen and oxygen atoms in total. The monoisotopic (exact) mass is 337 g/mol. The highest BCUT2D eigenvalue weighted by Crippen LogP contribution is 2.27. The van der Waals surface area contributed by atoms with E-state index in [9.17, 15) is 13.2 Å². The van der Waals surface area contributed by atoms with E-state index >= 15 is 0 Å². The van der Waals surface area contributed by atoms with Crippen LogP contribution in [-0.4, -0.2) is 36.4 Å². The number of nitrogens with zero attached hydrogens (tertiary/aromatic N) is 2. The quantitative estimate of drug-likeness (QED) is 0.769. The summed E-state index contributed by atoms with van der Waals surface area (Å²) in [6.07, 6.45) is 3.81. The van der Waals surface area contributed by atoms with Gasteiger partial charge in [0.15, 0.2) is 5.82 Å². The molecule has 122 valence electrons. The van der Waals surface area contributed by atoms with E-state index in [-0.39, 0.29) is 16.5 Å². The first-order chi connectivity index (χ1) is 10.8. The molecule has 0 unspecified atom stereocenters. The summed E-state index contributed by atoms with van der Waals surface area (Å²) in [4.78, 5) is 10.5. The van der Waals surface area contributed by atoms with Crippen molar-refractivity contribution in [1.29, 1.82) is 0 Å². The molecule has 0 radical (unpaired) electrons. The zero-order valence-electron chi connectivity index (χ0n) is 12.4. The highest BCUT2D eigenvalue weighted by molar-refractivity contribution is 7.92. The standard InChI is InChI=1S/C14H15N3O5S/c1-17-8-7-13(15-17)16-23(20,21)12-9-10(4-6-14(18)19)3-5-11(12)22-2/h3-9H,1-2H3,(H,15,16)(H,18,19)/b6-4+. The number of carboxylic acid groups (broad SMARTS) is 1. The summed E-state index contributed by atoms with van der Waals surface area (Å²) in [5.74, 6) is -0.821. The van der Waals surface area contributed by atoms with Crippen LogP contribution in [0.15, 0.2) is 41.4 Å². The second-order valence-corrected chi connectivity index (χ2v) is 6.21. The topological polar surface area (TPSA) is 111 Å². The zero-order chi connectivity index (χ0) is 17.0. The number of carbonyl (C=O) groups is 1. The van der Waals surface area contributed by atoms with E-state index in [0.29, 0.717) is 5.56 Å². The van der Waals surface area contributed by atoms with Gasteiger partial charge in [-0.1, -0.05) is 6.07 Å². The number of aromatic nitrogens is 2. The number of hydrogen-bond donors (Lipinski definition) is 2. The Hall–Kier alpha value is -2.81. The maximum absolute atomic E-state index is 12.5. The number of nitrogens with one attached hydrogen (secondary N) is 1. The Labute approximate surface area is 133 Å². The SMILES string of the molecule is COc1ccc(/C=C/C(=O)O)cc1S(=O)(=O)Nc1ccn(C)n1. The van der Waals surface area contributed by atoms with Crippen LogP contribution in [0, 0.1) is 0 Å². The molecule has 2 N–H and O–H groups in total. The van der Waals surface area contributed by atoms with Crippen LogP contribution >= 0.6 is 0 Å². The van der Waals surface area contributed by atoms with Crippen molar-refractivity contribution in [3.05, 3.63) is 42.1 Å². The van der Waals surface area contributed by atoms with E-state index in [1.807, 2.05) is 0 Å². The summed E-state index contributed by atoms with van der Waals surface area (Å²) in [5, 5.41) is 12.6. The Kier molecular flexibility index (Phi) is 4.70. The Bertz CT molecular complexity index is 855. The predicted molar refractivity (Wildman–Crippen MR) is 83.7 cm³/mol. The first-order valence-corrected chi connectivity index (χ1v) is 7.91. The van der Waals surface area contributed by atoms with Crippen LogP contribution in [0.2, 0.25) is 0 Å². The lowest BCUT2D eigenvalue weighted by Gasteiger charge is -2.11. The van der Waals surface area contributed by atoms with Crippen molar-refractivity contribution in [1.82, 2.24) is 9.78 Å². The van der Waals surface area contributed by atoms with Gasteiger partial charge in [-0.3, -0.25) is 9.40 Å². The first kappa shape index (κ1) is 16.6. The summed E-state index contributed by atoms with van der Waals surface area (Å²) in [5.41, 5.74) is 0.412. The van der Waals surface area contributed by atoms with Crippen LogP contribution in [-0.2, 0) is 21.9 Å². The summed E-state index contributed by atoms with van der Waals surface area (Å²) >= 11 is 0. The lowest BCUT2D eigenvalue weighted by molar-refractivity contribution is -0.131. The number of hydrogen-bond acceptors (Lipinski definition) is 5. The molecule has 0 aliphatic rings. The molecule has 9 heteroatoms. The van der Waals surface area contributed by atoms with Crippen molar-refractivity contribution in [2.24, 2.45) is 7.05 Å². The van der Waals surface area contributed by atoms with Crippen LogP contribution in [0.4, 0.5) is 5.82 Å². The van der Waals surface area contributed by atoms with Crippen molar-refractivity contribution in [3.63, 3.8) is 0 Å². The average molecular weight is 337 g/mol. The first-order valence-electron chi connectivity index (χ1n) is 6.43. The number of rotatable bonds is 6. The number of anilines is 1. The fourth-order valence-electron chi connectivity index (χ4n) is 1.84. The third-order valence-corrected chi connectivity index (χ3v) is 4.22. The molecular weight excluding hydrogens is 322 g/mol. The average Bonchev–Trinajstić information content (AvgIpc) is 2.89. The van der Waals surface area contributed by atoms with E-state index in [2.05, 4.69) is 9.82 Å². The smallest absolute Gasteiger partial charge is 0.328 e. The number of benzene rings is 1. The van der Waals surface area contributed by atoms with Crippen molar-refractivity contribution in [2.75, 3.05) is 11.8 Å². The van der Waals surface area contributed by atoms with Gasteiger partial charge in [0.2, 0.25) is 0 Å². The van der Waals surface area contributed by atoms with Crippen LogP contribution in [0.25, 0.3) is 6.08 Å². The second-order valence-electron chi connectivity index (χ2n) is 4.56. The summed E-state index contributed by atoms with van der Waals surface area (Å²) in [7, 11) is -0.924. The van der Waals surface area contributed by atoms with E-state index in [0.717, 1.165) is 6.08 Å². The summed E-state index contributed by atoms with van der Waals surface area (Å²) in [6, 6.07) is 5.84. The van der Waals surface area contributed by atoms with Gasteiger partial charge in [0.1, 0.15) is 10.6 Å². The van der Waals surface area contributed by atoms with Crippen LogP contribution in [0.3, 0.4) is 0 Å². The van der Waals surface area contributed by atoms with Gasteiger partial charge in [0, 0.05) is 25.4 Å². The van der Waals surface area contributed by atoms with Crippen LogP contribution < -0.4 is 9.46 Å². The summed E-state index contributed by atoms with van der Waals surface area (Å²) in [6.45, 7) is 0. The molecular formula is C14H15N3O5S. The molecule has 23 heavy (non-hydrogen) atoms. The maximum Gasteiger partial charge on any atom is 0.328 e. The lowest BCUT2D eigenvalue weighted by atomic mass is 10.2. The highest BCUT2D eigenvalue weighted by atomic mass is 32.2. The molecule has 0 atom stereocenters. The predicted octanol–water partition coefficient (Wildman–Crippen LogP) is 1.33. The van der Waals surface area contributed by atoms with Gasteiger partial charge >= 0.3 is 5.97 Å². The van der Waals surface area contributed by atoms with Crippen LogP contribution in [0.1, 0.15) is 5.56 Å². The number of methoxy groups -OCH3 is 1. The molecule has 0 saturated heterocycles. The molecule has 0 bridgehead atoms. The van der Waals surface area contributed by atoms with Crippen LogP contribution in [0.5, 0.6) is 5.75 Å². The fourth-order valence-corrected chi connectivity index (χ4v) is 3.04. The van der Waals surface area contributed by atoms with Gasteiger partial charge in [0.05, 0.1) is 7.11 Å². The Morgan fingerprint density at radius 2 is 2.13 bits per heavy atom. The Morgan fingerprint density at radius 3 is 2.70 bits per heavy atom. The van der Waals surface area contributed by atoms with E-state index in [4.69, 9.17) is 9.84 Å².